The summed E-state index contributed by atoms with van der Waals surface area (Å²) in [5, 5.41) is 0. The number of hydrogen-bond donors (Lipinski definition) is 0. The normalized spacial score (nSPS) is 26.8. The first-order chi connectivity index (χ1) is 14.1. The number of hydrogen-bond acceptors (Lipinski definition) is 0. The second kappa shape index (κ2) is 6.44. The van der Waals surface area contributed by atoms with Crippen LogP contribution in [0.3, 0.4) is 0 Å². The Labute approximate surface area is 181 Å². The van der Waals surface area contributed by atoms with Crippen LogP contribution in [0.25, 0.3) is 22.3 Å². The van der Waals surface area contributed by atoms with Crippen LogP contribution in [-0.4, -0.2) is 0 Å². The minimum atomic E-state index is 0.0599. The van der Waals surface area contributed by atoms with E-state index in [0.717, 1.165) is 5.92 Å². The Hall–Kier alpha value is -2.12. The predicted molar refractivity (Wildman–Crippen MR) is 125 cm³/mol. The lowest BCUT2D eigenvalue weighted by Gasteiger charge is -2.45. The van der Waals surface area contributed by atoms with Gasteiger partial charge in [0.25, 0.3) is 0 Å². The summed E-state index contributed by atoms with van der Waals surface area (Å²) in [5.74, 6) is 1.56. The first kappa shape index (κ1) is 17.7. The Morgan fingerprint density at radius 1 is 0.862 bits per heavy atom. The maximum Gasteiger partial charge on any atom is 0.0424 e. The SMILES string of the molecule is CC1C=C2CC(CCC23c2cc(Br)ccc2-c2ccc(-c4ccccc4)cc23)C1. The summed E-state index contributed by atoms with van der Waals surface area (Å²) >= 11 is 3.77. The van der Waals surface area contributed by atoms with Crippen LogP contribution < -0.4 is 0 Å². The van der Waals surface area contributed by atoms with Gasteiger partial charge in [0, 0.05) is 9.89 Å². The summed E-state index contributed by atoms with van der Waals surface area (Å²) < 4.78 is 1.19. The van der Waals surface area contributed by atoms with Crippen LogP contribution in [0.5, 0.6) is 0 Å². The summed E-state index contributed by atoms with van der Waals surface area (Å²) in [5.41, 5.74) is 10.3. The van der Waals surface area contributed by atoms with Crippen LogP contribution in [0.4, 0.5) is 0 Å². The molecule has 0 heterocycles. The molecule has 1 fully saturated rings. The lowest BCUT2D eigenvalue weighted by Crippen LogP contribution is -2.36. The molecule has 0 radical (unpaired) electrons. The minimum absolute atomic E-state index is 0.0599. The third-order valence-electron chi connectivity index (χ3n) is 7.49. The molecule has 3 aliphatic rings. The maximum atomic E-state index is 3.77. The highest BCUT2D eigenvalue weighted by atomic mass is 79.9. The third kappa shape index (κ3) is 2.56. The summed E-state index contributed by atoms with van der Waals surface area (Å²) in [7, 11) is 0. The van der Waals surface area contributed by atoms with Gasteiger partial charge in [-0.3, -0.25) is 0 Å². The smallest absolute Gasteiger partial charge is 0.0424 e. The Balaban J connectivity index is 1.64. The second-order valence-corrected chi connectivity index (χ2v) is 10.2. The molecule has 3 atom stereocenters. The summed E-state index contributed by atoms with van der Waals surface area (Å²) in [6.45, 7) is 2.41. The Kier molecular flexibility index (Phi) is 3.93. The van der Waals surface area contributed by atoms with Crippen LogP contribution in [-0.2, 0) is 5.41 Å². The van der Waals surface area contributed by atoms with E-state index in [1.807, 2.05) is 0 Å². The fourth-order valence-electron chi connectivity index (χ4n) is 6.32. The average Bonchev–Trinajstić information content (AvgIpc) is 3.01. The van der Waals surface area contributed by atoms with Crippen LogP contribution in [0.1, 0.15) is 43.7 Å². The van der Waals surface area contributed by atoms with E-state index in [1.54, 1.807) is 5.57 Å². The number of benzene rings is 3. The van der Waals surface area contributed by atoms with Gasteiger partial charge in [-0.1, -0.05) is 83.0 Å². The van der Waals surface area contributed by atoms with Gasteiger partial charge < -0.3 is 0 Å². The number of fused-ring (bicyclic) bond motifs is 8. The molecule has 3 unspecified atom stereocenters. The van der Waals surface area contributed by atoms with Gasteiger partial charge in [-0.05, 0) is 89.1 Å². The standard InChI is InChI=1S/C28H25Br/c1-18-13-19-11-12-28(22(14-18)15-19)26-16-21(20-5-3-2-4-6-20)7-9-24(26)25-10-8-23(29)17-27(25)28/h2-10,14,16-19H,11-13,15H2,1H3. The van der Waals surface area contributed by atoms with Crippen molar-refractivity contribution in [1.29, 1.82) is 0 Å². The molecule has 1 heteroatoms. The van der Waals surface area contributed by atoms with E-state index in [0.29, 0.717) is 5.92 Å². The second-order valence-electron chi connectivity index (χ2n) is 9.24. The van der Waals surface area contributed by atoms with E-state index >= 15 is 0 Å². The summed E-state index contributed by atoms with van der Waals surface area (Å²) in [6.07, 6.45) is 7.82. The lowest BCUT2D eigenvalue weighted by molar-refractivity contribution is 0.284. The molecular formula is C28H25Br. The highest BCUT2D eigenvalue weighted by Crippen LogP contribution is 2.61. The lowest BCUT2D eigenvalue weighted by atomic mass is 9.58. The molecule has 0 amide bonds. The molecule has 0 aromatic heterocycles. The molecule has 144 valence electrons. The molecule has 3 aromatic rings. The molecule has 0 saturated heterocycles. The van der Waals surface area contributed by atoms with Gasteiger partial charge in [-0.2, -0.15) is 0 Å². The Morgan fingerprint density at radius 3 is 2.45 bits per heavy atom. The van der Waals surface area contributed by atoms with E-state index in [2.05, 4.69) is 95.7 Å². The topological polar surface area (TPSA) is 0 Å². The van der Waals surface area contributed by atoms with E-state index in [-0.39, 0.29) is 5.41 Å². The molecule has 0 N–H and O–H groups in total. The Bertz CT molecular complexity index is 1140. The van der Waals surface area contributed by atoms with Crippen molar-refractivity contribution in [2.24, 2.45) is 11.8 Å². The molecule has 3 aliphatic carbocycles. The molecule has 0 nitrogen and oxygen atoms in total. The van der Waals surface area contributed by atoms with Crippen molar-refractivity contribution in [3.63, 3.8) is 0 Å². The summed E-state index contributed by atoms with van der Waals surface area (Å²) in [6, 6.07) is 24.9. The van der Waals surface area contributed by atoms with Gasteiger partial charge >= 0.3 is 0 Å². The van der Waals surface area contributed by atoms with Gasteiger partial charge in [-0.15, -0.1) is 0 Å². The van der Waals surface area contributed by atoms with Crippen molar-refractivity contribution in [1.82, 2.24) is 0 Å². The quantitative estimate of drug-likeness (QED) is 0.334. The van der Waals surface area contributed by atoms with E-state index in [9.17, 15) is 0 Å². The van der Waals surface area contributed by atoms with Gasteiger partial charge in [0.05, 0.1) is 0 Å². The fourth-order valence-corrected chi connectivity index (χ4v) is 6.69. The van der Waals surface area contributed by atoms with Crippen LogP contribution >= 0.6 is 15.9 Å². The number of rotatable bonds is 1. The minimum Gasteiger partial charge on any atom is -0.0812 e. The molecule has 3 aromatic carbocycles. The first-order valence-electron chi connectivity index (χ1n) is 10.9. The van der Waals surface area contributed by atoms with E-state index < -0.39 is 0 Å². The zero-order valence-corrected chi connectivity index (χ0v) is 18.4. The highest BCUT2D eigenvalue weighted by molar-refractivity contribution is 9.10. The molecular weight excluding hydrogens is 416 g/mol. The number of allylic oxidation sites excluding steroid dienone is 2. The molecule has 2 bridgehead atoms. The van der Waals surface area contributed by atoms with Crippen LogP contribution in [0, 0.1) is 11.8 Å². The molecule has 1 saturated carbocycles. The zero-order chi connectivity index (χ0) is 19.6. The molecule has 6 rings (SSSR count). The average molecular weight is 441 g/mol. The van der Waals surface area contributed by atoms with Crippen molar-refractivity contribution < 1.29 is 0 Å². The third-order valence-corrected chi connectivity index (χ3v) is 7.99. The molecule has 1 spiro atoms. The Morgan fingerprint density at radius 2 is 1.62 bits per heavy atom. The van der Waals surface area contributed by atoms with Gasteiger partial charge in [0.2, 0.25) is 0 Å². The van der Waals surface area contributed by atoms with E-state index in [4.69, 9.17) is 0 Å². The largest absolute Gasteiger partial charge is 0.0812 e. The van der Waals surface area contributed by atoms with Gasteiger partial charge in [0.15, 0.2) is 0 Å². The first-order valence-corrected chi connectivity index (χ1v) is 11.7. The van der Waals surface area contributed by atoms with Crippen molar-refractivity contribution in [2.45, 2.75) is 38.0 Å². The van der Waals surface area contributed by atoms with Crippen LogP contribution in [0.2, 0.25) is 0 Å². The van der Waals surface area contributed by atoms with Crippen LogP contribution in [0.15, 0.2) is 82.9 Å². The van der Waals surface area contributed by atoms with E-state index in [1.165, 1.54) is 63.5 Å². The maximum absolute atomic E-state index is 3.77. The number of halogens is 1. The summed E-state index contributed by atoms with van der Waals surface area (Å²) in [4.78, 5) is 0. The predicted octanol–water partition coefficient (Wildman–Crippen LogP) is 8.15. The monoisotopic (exact) mass is 440 g/mol. The fraction of sp³-hybridized carbons (Fsp3) is 0.286. The van der Waals surface area contributed by atoms with Crippen molar-refractivity contribution in [3.8, 4) is 22.3 Å². The zero-order valence-electron chi connectivity index (χ0n) is 16.8. The van der Waals surface area contributed by atoms with Gasteiger partial charge in [-0.25, -0.2) is 0 Å². The molecule has 29 heavy (non-hydrogen) atoms. The van der Waals surface area contributed by atoms with Crippen molar-refractivity contribution >= 4 is 15.9 Å². The van der Waals surface area contributed by atoms with Gasteiger partial charge in [0.1, 0.15) is 0 Å². The molecule has 0 aliphatic heterocycles. The highest BCUT2D eigenvalue weighted by Gasteiger charge is 2.49. The van der Waals surface area contributed by atoms with Crippen molar-refractivity contribution in [3.05, 3.63) is 94.0 Å². The van der Waals surface area contributed by atoms with Crippen molar-refractivity contribution in [2.75, 3.05) is 0 Å².